The van der Waals surface area contributed by atoms with Crippen LogP contribution in [-0.4, -0.2) is 12.1 Å². The zero-order valence-corrected chi connectivity index (χ0v) is 13.8. The standard InChI is InChI=1S/C20H17N3O2/c1-24-17-9-7-15(8-10-17)14-22-19-11-16(13-21)12-20(23-19)25-18-5-3-2-4-6-18/h2-12H,14H2,1H3,(H,22,23). The summed E-state index contributed by atoms with van der Waals surface area (Å²) < 4.78 is 10.9. The Bertz CT molecular complexity index is 872. The molecule has 0 bridgehead atoms. The first kappa shape index (κ1) is 16.3. The molecule has 5 heteroatoms. The fraction of sp³-hybridized carbons (Fsp3) is 0.100. The Morgan fingerprint density at radius 3 is 2.44 bits per heavy atom. The third kappa shape index (κ3) is 4.49. The molecule has 2 aromatic carbocycles. The fourth-order valence-corrected chi connectivity index (χ4v) is 2.26. The van der Waals surface area contributed by atoms with Gasteiger partial charge in [-0.2, -0.15) is 10.2 Å². The minimum absolute atomic E-state index is 0.377. The van der Waals surface area contributed by atoms with E-state index in [0.29, 0.717) is 29.6 Å². The molecule has 0 atom stereocenters. The fourth-order valence-electron chi connectivity index (χ4n) is 2.26. The van der Waals surface area contributed by atoms with Gasteiger partial charge in [-0.1, -0.05) is 30.3 Å². The molecule has 0 fully saturated rings. The van der Waals surface area contributed by atoms with Crippen molar-refractivity contribution in [1.29, 1.82) is 5.26 Å². The molecule has 3 rings (SSSR count). The van der Waals surface area contributed by atoms with Crippen LogP contribution in [-0.2, 0) is 6.54 Å². The summed E-state index contributed by atoms with van der Waals surface area (Å²) in [7, 11) is 1.64. The van der Waals surface area contributed by atoms with Crippen LogP contribution in [0.15, 0.2) is 66.7 Å². The van der Waals surface area contributed by atoms with Gasteiger partial charge in [0.25, 0.3) is 0 Å². The molecule has 25 heavy (non-hydrogen) atoms. The smallest absolute Gasteiger partial charge is 0.222 e. The number of nitrogens with one attached hydrogen (secondary N) is 1. The van der Waals surface area contributed by atoms with Crippen molar-refractivity contribution in [3.8, 4) is 23.4 Å². The highest BCUT2D eigenvalue weighted by molar-refractivity contribution is 5.47. The van der Waals surface area contributed by atoms with Crippen molar-refractivity contribution in [2.24, 2.45) is 0 Å². The Hall–Kier alpha value is -3.52. The number of anilines is 1. The monoisotopic (exact) mass is 331 g/mol. The van der Waals surface area contributed by atoms with Gasteiger partial charge in [-0.15, -0.1) is 0 Å². The molecular formula is C20H17N3O2. The Kier molecular flexibility index (Phi) is 5.13. The molecule has 0 saturated heterocycles. The summed E-state index contributed by atoms with van der Waals surface area (Å²) in [5.74, 6) is 2.45. The zero-order valence-electron chi connectivity index (χ0n) is 13.8. The Morgan fingerprint density at radius 1 is 1.00 bits per heavy atom. The molecule has 0 spiro atoms. The van der Waals surface area contributed by atoms with E-state index in [1.807, 2.05) is 54.6 Å². The van der Waals surface area contributed by atoms with E-state index in [-0.39, 0.29) is 0 Å². The molecule has 1 heterocycles. The van der Waals surface area contributed by atoms with E-state index < -0.39 is 0 Å². The van der Waals surface area contributed by atoms with Crippen LogP contribution in [0.1, 0.15) is 11.1 Å². The quantitative estimate of drug-likeness (QED) is 0.726. The minimum atomic E-state index is 0.377. The number of para-hydroxylation sites is 1. The van der Waals surface area contributed by atoms with Crippen molar-refractivity contribution in [2.45, 2.75) is 6.54 Å². The van der Waals surface area contributed by atoms with E-state index in [1.165, 1.54) is 0 Å². The molecule has 0 aliphatic rings. The molecule has 1 aromatic heterocycles. The maximum absolute atomic E-state index is 9.22. The van der Waals surface area contributed by atoms with Gasteiger partial charge in [0.1, 0.15) is 17.3 Å². The predicted octanol–water partition coefficient (Wildman–Crippen LogP) is 4.37. The number of pyridine rings is 1. The molecule has 124 valence electrons. The van der Waals surface area contributed by atoms with E-state index in [9.17, 15) is 5.26 Å². The van der Waals surface area contributed by atoms with Crippen LogP contribution < -0.4 is 14.8 Å². The molecule has 0 unspecified atom stereocenters. The molecule has 0 amide bonds. The Morgan fingerprint density at radius 2 is 1.76 bits per heavy atom. The minimum Gasteiger partial charge on any atom is -0.497 e. The first-order valence-electron chi connectivity index (χ1n) is 7.79. The maximum atomic E-state index is 9.22. The third-order valence-electron chi connectivity index (χ3n) is 3.53. The molecule has 0 aliphatic carbocycles. The lowest BCUT2D eigenvalue weighted by Crippen LogP contribution is -2.02. The summed E-state index contributed by atoms with van der Waals surface area (Å²) in [4.78, 5) is 4.42. The van der Waals surface area contributed by atoms with Crippen molar-refractivity contribution < 1.29 is 9.47 Å². The van der Waals surface area contributed by atoms with Gasteiger partial charge in [0, 0.05) is 12.6 Å². The largest absolute Gasteiger partial charge is 0.497 e. The second-order valence-corrected chi connectivity index (χ2v) is 5.31. The summed E-state index contributed by atoms with van der Waals surface area (Å²) in [5, 5.41) is 12.4. The van der Waals surface area contributed by atoms with E-state index in [4.69, 9.17) is 9.47 Å². The molecule has 5 nitrogen and oxygen atoms in total. The van der Waals surface area contributed by atoms with Crippen LogP contribution in [0.2, 0.25) is 0 Å². The number of nitriles is 1. The van der Waals surface area contributed by atoms with Crippen LogP contribution in [0.5, 0.6) is 17.4 Å². The SMILES string of the molecule is COc1ccc(CNc2cc(C#N)cc(Oc3ccccc3)n2)cc1. The summed E-state index contributed by atoms with van der Waals surface area (Å²) >= 11 is 0. The lowest BCUT2D eigenvalue weighted by atomic mass is 10.2. The van der Waals surface area contributed by atoms with Gasteiger partial charge >= 0.3 is 0 Å². The van der Waals surface area contributed by atoms with Crippen LogP contribution in [0.3, 0.4) is 0 Å². The van der Waals surface area contributed by atoms with Gasteiger partial charge in [-0.25, -0.2) is 0 Å². The normalized spacial score (nSPS) is 9.92. The van der Waals surface area contributed by atoms with Gasteiger partial charge in [0.05, 0.1) is 18.7 Å². The van der Waals surface area contributed by atoms with Crippen molar-refractivity contribution >= 4 is 5.82 Å². The number of aromatic nitrogens is 1. The second-order valence-electron chi connectivity index (χ2n) is 5.31. The van der Waals surface area contributed by atoms with E-state index >= 15 is 0 Å². The summed E-state index contributed by atoms with van der Waals surface area (Å²) in [6.45, 7) is 0.580. The average Bonchev–Trinajstić information content (AvgIpc) is 2.67. The number of hydrogen-bond acceptors (Lipinski definition) is 5. The number of ether oxygens (including phenoxy) is 2. The zero-order chi connectivity index (χ0) is 17.5. The van der Waals surface area contributed by atoms with E-state index in [0.717, 1.165) is 11.3 Å². The van der Waals surface area contributed by atoms with Gasteiger partial charge < -0.3 is 14.8 Å². The first-order valence-corrected chi connectivity index (χ1v) is 7.79. The lowest BCUT2D eigenvalue weighted by molar-refractivity contribution is 0.414. The molecular weight excluding hydrogens is 314 g/mol. The van der Waals surface area contributed by atoms with Crippen LogP contribution >= 0.6 is 0 Å². The van der Waals surface area contributed by atoms with Crippen LogP contribution in [0.4, 0.5) is 5.82 Å². The molecule has 0 saturated carbocycles. The molecule has 1 N–H and O–H groups in total. The van der Waals surface area contributed by atoms with E-state index in [2.05, 4.69) is 16.4 Å². The van der Waals surface area contributed by atoms with Gasteiger partial charge in [0.15, 0.2) is 0 Å². The molecule has 0 radical (unpaired) electrons. The third-order valence-corrected chi connectivity index (χ3v) is 3.53. The lowest BCUT2D eigenvalue weighted by Gasteiger charge is -2.10. The number of benzene rings is 2. The maximum Gasteiger partial charge on any atom is 0.222 e. The van der Waals surface area contributed by atoms with Crippen LogP contribution in [0.25, 0.3) is 0 Å². The first-order chi connectivity index (χ1) is 12.3. The second kappa shape index (κ2) is 7.84. The Labute approximate surface area is 146 Å². The highest BCUT2D eigenvalue weighted by Gasteiger charge is 2.05. The van der Waals surface area contributed by atoms with Crippen molar-refractivity contribution in [2.75, 3.05) is 12.4 Å². The molecule has 0 aliphatic heterocycles. The number of rotatable bonds is 6. The summed E-state index contributed by atoms with van der Waals surface area (Å²) in [5.41, 5.74) is 1.56. The summed E-state index contributed by atoms with van der Waals surface area (Å²) in [6, 6.07) is 22.5. The highest BCUT2D eigenvalue weighted by atomic mass is 16.5. The number of methoxy groups -OCH3 is 1. The number of hydrogen-bond donors (Lipinski definition) is 1. The topological polar surface area (TPSA) is 67.2 Å². The summed E-state index contributed by atoms with van der Waals surface area (Å²) in [6.07, 6.45) is 0. The highest BCUT2D eigenvalue weighted by Crippen LogP contribution is 2.22. The van der Waals surface area contributed by atoms with E-state index in [1.54, 1.807) is 19.2 Å². The van der Waals surface area contributed by atoms with Gasteiger partial charge in [0.2, 0.25) is 5.88 Å². The van der Waals surface area contributed by atoms with Crippen LogP contribution in [0, 0.1) is 11.3 Å². The van der Waals surface area contributed by atoms with Crippen molar-refractivity contribution in [3.63, 3.8) is 0 Å². The van der Waals surface area contributed by atoms with Gasteiger partial charge in [-0.3, -0.25) is 0 Å². The molecule has 3 aromatic rings. The van der Waals surface area contributed by atoms with Gasteiger partial charge in [-0.05, 0) is 35.9 Å². The predicted molar refractivity (Wildman–Crippen MR) is 95.8 cm³/mol. The Balaban J connectivity index is 1.74. The number of nitrogens with zero attached hydrogens (tertiary/aromatic N) is 2. The van der Waals surface area contributed by atoms with Crippen molar-refractivity contribution in [1.82, 2.24) is 4.98 Å². The van der Waals surface area contributed by atoms with Crippen molar-refractivity contribution in [3.05, 3.63) is 77.9 Å². The average molecular weight is 331 g/mol.